The maximum atomic E-state index is 13.2. The van der Waals surface area contributed by atoms with Gasteiger partial charge in [-0.15, -0.1) is 0 Å². The quantitative estimate of drug-likeness (QED) is 0.896. The van der Waals surface area contributed by atoms with Crippen LogP contribution in [0.1, 0.15) is 24.4 Å². The van der Waals surface area contributed by atoms with E-state index in [2.05, 4.69) is 10.2 Å². The molecule has 1 aliphatic rings. The molecule has 2 aromatic carbocycles. The van der Waals surface area contributed by atoms with Crippen LogP contribution in [0.25, 0.3) is 0 Å². The molecule has 0 radical (unpaired) electrons. The average molecular weight is 346 g/mol. The van der Waals surface area contributed by atoms with Gasteiger partial charge in [-0.05, 0) is 49.2 Å². The van der Waals surface area contributed by atoms with E-state index >= 15 is 0 Å². The normalized spacial score (nSPS) is 17.5. The lowest BCUT2D eigenvalue weighted by Crippen LogP contribution is -2.33. The van der Waals surface area contributed by atoms with Crippen molar-refractivity contribution in [1.29, 1.82) is 0 Å². The summed E-state index contributed by atoms with van der Waals surface area (Å²) in [7, 11) is 1.62. The van der Waals surface area contributed by atoms with Crippen LogP contribution < -0.4 is 10.1 Å². The molecule has 1 aliphatic heterocycles. The molecule has 1 fully saturated rings. The summed E-state index contributed by atoms with van der Waals surface area (Å²) in [4.78, 5) is 14.3. The number of nitrogens with one attached hydrogen (secondary N) is 1. The molecule has 1 atom stereocenters. The first-order valence-corrected chi connectivity index (χ1v) is 8.19. The maximum Gasteiger partial charge on any atom is 0.238 e. The SMILES string of the molecule is COc1ccc([C@H]2CCCN2CC(=O)Nc2ccc(F)c(F)c2)cc1. The first kappa shape index (κ1) is 17.4. The molecule has 3 rings (SSSR count). The fourth-order valence-electron chi connectivity index (χ4n) is 3.18. The van der Waals surface area contributed by atoms with Crippen LogP contribution in [0.5, 0.6) is 5.75 Å². The minimum Gasteiger partial charge on any atom is -0.497 e. The fourth-order valence-corrected chi connectivity index (χ4v) is 3.18. The molecule has 0 aromatic heterocycles. The highest BCUT2D eigenvalue weighted by atomic mass is 19.2. The number of benzene rings is 2. The van der Waals surface area contributed by atoms with Gasteiger partial charge in [0.05, 0.1) is 13.7 Å². The molecule has 4 nitrogen and oxygen atoms in total. The van der Waals surface area contributed by atoms with Crippen molar-refractivity contribution in [3.05, 3.63) is 59.7 Å². The number of nitrogens with zero attached hydrogens (tertiary/aromatic N) is 1. The van der Waals surface area contributed by atoms with Gasteiger partial charge >= 0.3 is 0 Å². The highest BCUT2D eigenvalue weighted by molar-refractivity contribution is 5.92. The molecule has 1 heterocycles. The summed E-state index contributed by atoms with van der Waals surface area (Å²) in [5.74, 6) is -1.36. The van der Waals surface area contributed by atoms with Crippen molar-refractivity contribution in [2.24, 2.45) is 0 Å². The third-order valence-corrected chi connectivity index (χ3v) is 4.41. The Morgan fingerprint density at radius 1 is 1.20 bits per heavy atom. The van der Waals surface area contributed by atoms with Gasteiger partial charge in [0, 0.05) is 17.8 Å². The monoisotopic (exact) mass is 346 g/mol. The largest absolute Gasteiger partial charge is 0.497 e. The van der Waals surface area contributed by atoms with Gasteiger partial charge in [0.2, 0.25) is 5.91 Å². The van der Waals surface area contributed by atoms with Crippen molar-refractivity contribution in [3.8, 4) is 5.75 Å². The van der Waals surface area contributed by atoms with Gasteiger partial charge in [-0.2, -0.15) is 0 Å². The molecule has 1 saturated heterocycles. The zero-order valence-electron chi connectivity index (χ0n) is 14.0. The van der Waals surface area contributed by atoms with Crippen LogP contribution in [0, 0.1) is 11.6 Å². The second-order valence-corrected chi connectivity index (χ2v) is 6.08. The number of rotatable bonds is 5. The van der Waals surface area contributed by atoms with E-state index in [9.17, 15) is 13.6 Å². The van der Waals surface area contributed by atoms with Crippen molar-refractivity contribution in [1.82, 2.24) is 4.90 Å². The van der Waals surface area contributed by atoms with Crippen LogP contribution in [0.4, 0.5) is 14.5 Å². The second kappa shape index (κ2) is 7.61. The Kier molecular flexibility index (Phi) is 5.28. The van der Waals surface area contributed by atoms with Crippen LogP contribution >= 0.6 is 0 Å². The van der Waals surface area contributed by atoms with Gasteiger partial charge < -0.3 is 10.1 Å². The fraction of sp³-hybridized carbons (Fsp3) is 0.316. The number of carbonyl (C=O) groups is 1. The molecule has 1 amide bonds. The van der Waals surface area contributed by atoms with Gasteiger partial charge in [0.15, 0.2) is 11.6 Å². The molecule has 0 aliphatic carbocycles. The third kappa shape index (κ3) is 4.14. The van der Waals surface area contributed by atoms with E-state index in [1.165, 1.54) is 6.07 Å². The summed E-state index contributed by atoms with van der Waals surface area (Å²) in [5.41, 5.74) is 1.39. The number of ether oxygens (including phenoxy) is 1. The molecule has 0 spiro atoms. The molecule has 0 bridgehead atoms. The van der Waals surface area contributed by atoms with Crippen LogP contribution in [-0.4, -0.2) is 31.0 Å². The Morgan fingerprint density at radius 3 is 2.64 bits per heavy atom. The van der Waals surface area contributed by atoms with Crippen molar-refractivity contribution in [2.45, 2.75) is 18.9 Å². The number of hydrogen-bond donors (Lipinski definition) is 1. The molecule has 2 aromatic rings. The molecule has 6 heteroatoms. The summed E-state index contributed by atoms with van der Waals surface area (Å²) in [6.07, 6.45) is 1.99. The minimum atomic E-state index is -0.977. The van der Waals surface area contributed by atoms with Crippen LogP contribution in [0.15, 0.2) is 42.5 Å². The first-order chi connectivity index (χ1) is 12.1. The predicted molar refractivity (Wildman–Crippen MR) is 91.5 cm³/mol. The van der Waals surface area contributed by atoms with E-state index in [0.717, 1.165) is 42.8 Å². The van der Waals surface area contributed by atoms with E-state index in [0.29, 0.717) is 0 Å². The first-order valence-electron chi connectivity index (χ1n) is 8.19. The predicted octanol–water partition coefficient (Wildman–Crippen LogP) is 3.75. The minimum absolute atomic E-state index is 0.168. The molecule has 0 unspecified atom stereocenters. The topological polar surface area (TPSA) is 41.6 Å². The Bertz CT molecular complexity index is 750. The van der Waals surface area contributed by atoms with Crippen molar-refractivity contribution < 1.29 is 18.3 Å². The second-order valence-electron chi connectivity index (χ2n) is 6.08. The summed E-state index contributed by atoms with van der Waals surface area (Å²) in [6, 6.07) is 11.3. The van der Waals surface area contributed by atoms with E-state index in [-0.39, 0.29) is 24.2 Å². The standard InChI is InChI=1S/C19H20F2N2O2/c1-25-15-7-4-13(5-8-15)18-3-2-10-23(18)12-19(24)22-14-6-9-16(20)17(21)11-14/h4-9,11,18H,2-3,10,12H2,1H3,(H,22,24)/t18-/m1/s1. The molecule has 25 heavy (non-hydrogen) atoms. The van der Waals surface area contributed by atoms with E-state index in [1.54, 1.807) is 7.11 Å². The van der Waals surface area contributed by atoms with Crippen molar-refractivity contribution >= 4 is 11.6 Å². The van der Waals surface area contributed by atoms with Crippen LogP contribution in [0.2, 0.25) is 0 Å². The van der Waals surface area contributed by atoms with Gasteiger partial charge in [0.1, 0.15) is 5.75 Å². The van der Waals surface area contributed by atoms with E-state index in [1.807, 2.05) is 24.3 Å². The zero-order valence-corrected chi connectivity index (χ0v) is 14.0. The summed E-state index contributed by atoms with van der Waals surface area (Å²) in [5, 5.41) is 2.62. The van der Waals surface area contributed by atoms with Gasteiger partial charge in [0.25, 0.3) is 0 Å². The molecular formula is C19H20F2N2O2. The number of hydrogen-bond acceptors (Lipinski definition) is 3. The summed E-state index contributed by atoms with van der Waals surface area (Å²) >= 11 is 0. The van der Waals surface area contributed by atoms with E-state index < -0.39 is 11.6 Å². The van der Waals surface area contributed by atoms with E-state index in [4.69, 9.17) is 4.74 Å². The summed E-state index contributed by atoms with van der Waals surface area (Å²) in [6.45, 7) is 1.03. The number of anilines is 1. The third-order valence-electron chi connectivity index (χ3n) is 4.41. The Morgan fingerprint density at radius 2 is 1.96 bits per heavy atom. The molecule has 0 saturated carbocycles. The Labute approximate surface area is 145 Å². The lowest BCUT2D eigenvalue weighted by molar-refractivity contribution is -0.117. The lowest BCUT2D eigenvalue weighted by atomic mass is 10.0. The smallest absolute Gasteiger partial charge is 0.238 e. The number of methoxy groups -OCH3 is 1. The van der Waals surface area contributed by atoms with Crippen molar-refractivity contribution in [3.63, 3.8) is 0 Å². The van der Waals surface area contributed by atoms with Gasteiger partial charge in [-0.1, -0.05) is 12.1 Å². The number of likely N-dealkylation sites (tertiary alicyclic amines) is 1. The molecule has 1 N–H and O–H groups in total. The Balaban J connectivity index is 1.63. The van der Waals surface area contributed by atoms with Crippen LogP contribution in [-0.2, 0) is 4.79 Å². The highest BCUT2D eigenvalue weighted by Crippen LogP contribution is 2.32. The number of halogens is 2. The zero-order chi connectivity index (χ0) is 17.8. The van der Waals surface area contributed by atoms with Gasteiger partial charge in [-0.3, -0.25) is 9.69 Å². The Hall–Kier alpha value is -2.47. The average Bonchev–Trinajstić information content (AvgIpc) is 3.06. The lowest BCUT2D eigenvalue weighted by Gasteiger charge is -2.24. The number of carbonyl (C=O) groups excluding carboxylic acids is 1. The maximum absolute atomic E-state index is 13.2. The highest BCUT2D eigenvalue weighted by Gasteiger charge is 2.27. The number of amides is 1. The van der Waals surface area contributed by atoms with Crippen LogP contribution in [0.3, 0.4) is 0 Å². The summed E-state index contributed by atoms with van der Waals surface area (Å²) < 4.78 is 31.4. The van der Waals surface area contributed by atoms with Crippen molar-refractivity contribution in [2.75, 3.05) is 25.5 Å². The molecular weight excluding hydrogens is 326 g/mol. The molecule has 132 valence electrons. The van der Waals surface area contributed by atoms with Gasteiger partial charge in [-0.25, -0.2) is 8.78 Å².